The number of rotatable bonds is 1. The lowest BCUT2D eigenvalue weighted by Crippen LogP contribution is -1.90. The second-order valence-corrected chi connectivity index (χ2v) is 8.88. The lowest BCUT2D eigenvalue weighted by molar-refractivity contribution is 1.16. The molecule has 1 nitrogen and oxygen atoms in total. The maximum absolute atomic E-state index is 3.63. The molecule has 0 amide bonds. The van der Waals surface area contributed by atoms with E-state index in [2.05, 4.69) is 89.9 Å². The highest BCUT2D eigenvalue weighted by Crippen LogP contribution is 2.49. The van der Waals surface area contributed by atoms with E-state index in [0.717, 1.165) is 0 Å². The molecule has 3 heteroatoms. The monoisotopic (exact) mass is 381 g/mol. The average molecular weight is 382 g/mol. The van der Waals surface area contributed by atoms with Gasteiger partial charge in [-0.05, 0) is 35.9 Å². The van der Waals surface area contributed by atoms with Crippen molar-refractivity contribution in [2.45, 2.75) is 19.6 Å². The Morgan fingerprint density at radius 3 is 2.15 bits per heavy atom. The van der Waals surface area contributed by atoms with Crippen LogP contribution < -0.4 is 0 Å². The minimum Gasteiger partial charge on any atom is -0.354 e. The quantitative estimate of drug-likeness (QED) is 0.315. The van der Waals surface area contributed by atoms with Crippen LogP contribution in [0.2, 0.25) is 0 Å². The van der Waals surface area contributed by atoms with E-state index in [9.17, 15) is 0 Å². The van der Waals surface area contributed by atoms with E-state index >= 15 is 0 Å². The van der Waals surface area contributed by atoms with Crippen molar-refractivity contribution in [2.24, 2.45) is 0 Å². The lowest BCUT2D eigenvalue weighted by Gasteiger charge is -2.19. The summed E-state index contributed by atoms with van der Waals surface area (Å²) in [5.41, 5.74) is 4.93. The summed E-state index contributed by atoms with van der Waals surface area (Å²) in [6, 6.07) is 30.6. The maximum atomic E-state index is 3.63. The molecule has 0 saturated carbocycles. The molecule has 0 saturated heterocycles. The summed E-state index contributed by atoms with van der Waals surface area (Å²) in [4.78, 5) is 9.00. The van der Waals surface area contributed by atoms with Gasteiger partial charge in [-0.3, -0.25) is 0 Å². The van der Waals surface area contributed by atoms with Crippen molar-refractivity contribution in [3.63, 3.8) is 0 Å². The number of hydrogen-bond acceptors (Lipinski definition) is 2. The minimum absolute atomic E-state index is 1.19. The largest absolute Gasteiger partial charge is 0.354 e. The van der Waals surface area contributed by atoms with Crippen LogP contribution in [0.15, 0.2) is 105 Å². The molecule has 4 aromatic carbocycles. The summed E-state index contributed by atoms with van der Waals surface area (Å²) in [5, 5.41) is 2.57. The van der Waals surface area contributed by atoms with E-state index in [1.165, 1.54) is 52.5 Å². The molecule has 1 aliphatic heterocycles. The normalized spacial score (nSPS) is 12.9. The Balaban J connectivity index is 1.53. The predicted octanol–water partition coefficient (Wildman–Crippen LogP) is 7.60. The van der Waals surface area contributed by atoms with Crippen LogP contribution in [-0.4, -0.2) is 4.98 Å². The summed E-state index contributed by atoms with van der Waals surface area (Å²) in [5.74, 6) is 0. The van der Waals surface area contributed by atoms with Gasteiger partial charge in [-0.25, -0.2) is 0 Å². The van der Waals surface area contributed by atoms with Crippen molar-refractivity contribution in [2.75, 3.05) is 0 Å². The first-order valence-electron chi connectivity index (χ1n) is 8.95. The second-order valence-electron chi connectivity index (χ2n) is 6.71. The molecule has 5 aromatic rings. The maximum Gasteiger partial charge on any atom is 0.0544 e. The molecule has 0 aliphatic carbocycles. The molecule has 1 aliphatic rings. The number of H-pyrrole nitrogens is 1. The number of benzene rings is 4. The zero-order valence-corrected chi connectivity index (χ0v) is 16.0. The van der Waals surface area contributed by atoms with Crippen molar-refractivity contribution in [1.29, 1.82) is 0 Å². The molecule has 6 rings (SSSR count). The molecule has 1 aromatic heterocycles. The Morgan fingerprint density at radius 1 is 0.556 bits per heavy atom. The molecule has 0 spiro atoms. The highest BCUT2D eigenvalue weighted by molar-refractivity contribution is 8.05. The van der Waals surface area contributed by atoms with Gasteiger partial charge in [0.05, 0.1) is 5.52 Å². The van der Waals surface area contributed by atoms with Crippen molar-refractivity contribution in [1.82, 2.24) is 4.98 Å². The van der Waals surface area contributed by atoms with Crippen LogP contribution in [0.4, 0.5) is 0 Å². The second kappa shape index (κ2) is 5.95. The molecule has 1 N–H and O–H groups in total. The van der Waals surface area contributed by atoms with E-state index < -0.39 is 0 Å². The molecule has 2 heterocycles. The van der Waals surface area contributed by atoms with Crippen molar-refractivity contribution >= 4 is 45.3 Å². The van der Waals surface area contributed by atoms with Gasteiger partial charge in [-0.2, -0.15) is 0 Å². The summed E-state index contributed by atoms with van der Waals surface area (Å²) >= 11 is 3.74. The lowest BCUT2D eigenvalue weighted by atomic mass is 10.0. The van der Waals surface area contributed by atoms with Crippen molar-refractivity contribution in [3.05, 3.63) is 84.9 Å². The first-order chi connectivity index (χ1) is 13.4. The van der Waals surface area contributed by atoms with Gasteiger partial charge in [0, 0.05) is 41.4 Å². The van der Waals surface area contributed by atoms with Crippen LogP contribution in [-0.2, 0) is 0 Å². The number of aromatic amines is 1. The van der Waals surface area contributed by atoms with Gasteiger partial charge >= 0.3 is 0 Å². The Hall–Kier alpha value is -2.62. The fourth-order valence-corrected chi connectivity index (χ4v) is 6.06. The van der Waals surface area contributed by atoms with Crippen LogP contribution in [0.3, 0.4) is 0 Å². The van der Waals surface area contributed by atoms with Crippen LogP contribution in [0.5, 0.6) is 0 Å². The first-order valence-corrected chi connectivity index (χ1v) is 10.6. The van der Waals surface area contributed by atoms with E-state index in [1.54, 1.807) is 0 Å². The third-order valence-corrected chi connectivity index (χ3v) is 7.63. The Bertz CT molecular complexity index is 1330. The predicted molar refractivity (Wildman–Crippen MR) is 116 cm³/mol. The smallest absolute Gasteiger partial charge is 0.0544 e. The van der Waals surface area contributed by atoms with Crippen LogP contribution in [0.1, 0.15) is 0 Å². The first kappa shape index (κ1) is 15.4. The van der Waals surface area contributed by atoms with E-state index in [0.29, 0.717) is 0 Å². The third kappa shape index (κ3) is 2.43. The van der Waals surface area contributed by atoms with Gasteiger partial charge in [-0.15, -0.1) is 0 Å². The molecule has 0 radical (unpaired) electrons. The van der Waals surface area contributed by atoms with Crippen LogP contribution in [0, 0.1) is 0 Å². The van der Waals surface area contributed by atoms with E-state index in [-0.39, 0.29) is 0 Å². The van der Waals surface area contributed by atoms with Crippen LogP contribution in [0.25, 0.3) is 32.9 Å². The number of para-hydroxylation sites is 2. The van der Waals surface area contributed by atoms with Crippen molar-refractivity contribution in [3.8, 4) is 11.1 Å². The van der Waals surface area contributed by atoms with Crippen molar-refractivity contribution < 1.29 is 0 Å². The molecule has 0 fully saturated rings. The summed E-state index contributed by atoms with van der Waals surface area (Å²) < 4.78 is 0. The summed E-state index contributed by atoms with van der Waals surface area (Å²) in [6.07, 6.45) is 0. The van der Waals surface area contributed by atoms with Gasteiger partial charge in [0.15, 0.2) is 0 Å². The molecule has 27 heavy (non-hydrogen) atoms. The Morgan fingerprint density at radius 2 is 1.26 bits per heavy atom. The fraction of sp³-hybridized carbons (Fsp3) is 0. The number of nitrogens with one attached hydrogen (secondary N) is 1. The standard InChI is InChI=1S/C24H15NS2/c1-2-9-19-17(6-1)18-8-5-7-16(24(18)25-19)15-12-13-22-23(14-15)27-21-11-4-3-10-20(21)26-22/h1-14,25H. The molecular weight excluding hydrogens is 366 g/mol. The average Bonchev–Trinajstić information content (AvgIpc) is 3.10. The molecule has 128 valence electrons. The molecule has 0 unspecified atom stereocenters. The number of fused-ring (bicyclic) bond motifs is 5. The van der Waals surface area contributed by atoms with Gasteiger partial charge < -0.3 is 4.98 Å². The molecule has 0 bridgehead atoms. The molecule has 0 atom stereocenters. The summed E-state index contributed by atoms with van der Waals surface area (Å²) in [6.45, 7) is 0. The number of hydrogen-bond donors (Lipinski definition) is 1. The Labute approximate surface area is 165 Å². The van der Waals surface area contributed by atoms with Crippen LogP contribution >= 0.6 is 23.5 Å². The summed E-state index contributed by atoms with van der Waals surface area (Å²) in [7, 11) is 0. The zero-order chi connectivity index (χ0) is 17.8. The third-order valence-electron chi connectivity index (χ3n) is 5.09. The molecular formula is C24H15NS2. The zero-order valence-electron chi connectivity index (χ0n) is 14.4. The topological polar surface area (TPSA) is 15.8 Å². The van der Waals surface area contributed by atoms with Gasteiger partial charge in [0.25, 0.3) is 0 Å². The number of aromatic nitrogens is 1. The minimum atomic E-state index is 1.19. The highest BCUT2D eigenvalue weighted by Gasteiger charge is 2.18. The SMILES string of the molecule is c1ccc2c(c1)Sc1ccc(-c3cccc4c3[nH]c3ccccc34)cc1S2. The fourth-order valence-electron chi connectivity index (χ4n) is 3.81. The highest BCUT2D eigenvalue weighted by atomic mass is 32.2. The van der Waals surface area contributed by atoms with Gasteiger partial charge in [0.1, 0.15) is 0 Å². The van der Waals surface area contributed by atoms with E-state index in [1.807, 2.05) is 23.5 Å². The Kier molecular flexibility index (Phi) is 3.40. The van der Waals surface area contributed by atoms with E-state index in [4.69, 9.17) is 0 Å². The van der Waals surface area contributed by atoms with Gasteiger partial charge in [-0.1, -0.05) is 78.1 Å². The van der Waals surface area contributed by atoms with Gasteiger partial charge in [0.2, 0.25) is 0 Å².